The predicted molar refractivity (Wildman–Crippen MR) is 111 cm³/mol. The molecule has 0 bridgehead atoms. The Hall–Kier alpha value is -2.21. The number of nitrogens with two attached hydrogens (primary N) is 1. The van der Waals surface area contributed by atoms with Crippen LogP contribution in [0.3, 0.4) is 0 Å². The quantitative estimate of drug-likeness (QED) is 0.433. The van der Waals surface area contributed by atoms with Crippen LogP contribution >= 0.6 is 0 Å². The van der Waals surface area contributed by atoms with Crippen molar-refractivity contribution >= 4 is 5.97 Å². The van der Waals surface area contributed by atoms with Gasteiger partial charge in [-0.25, -0.2) is 0 Å². The van der Waals surface area contributed by atoms with E-state index in [4.69, 9.17) is 20.3 Å². The average Bonchev–Trinajstić information content (AvgIpc) is 2.71. The molecule has 5 nitrogen and oxygen atoms in total. The molecule has 0 aromatic heterocycles. The first-order chi connectivity index (χ1) is 13.6. The number of ether oxygens (including phenoxy) is 2. The van der Waals surface area contributed by atoms with Gasteiger partial charge in [0.2, 0.25) is 0 Å². The fourth-order valence-electron chi connectivity index (χ4n) is 3.10. The van der Waals surface area contributed by atoms with E-state index in [1.54, 1.807) is 6.92 Å². The highest BCUT2D eigenvalue weighted by Gasteiger charge is 2.23. The highest BCUT2D eigenvalue weighted by molar-refractivity contribution is 5.72. The summed E-state index contributed by atoms with van der Waals surface area (Å²) in [6.07, 6.45) is 1.73. The zero-order valence-electron chi connectivity index (χ0n) is 16.5. The van der Waals surface area contributed by atoms with Crippen molar-refractivity contribution in [1.29, 1.82) is 0 Å². The van der Waals surface area contributed by atoms with Gasteiger partial charge in [-0.15, -0.1) is 0 Å². The van der Waals surface area contributed by atoms with Crippen molar-refractivity contribution in [2.75, 3.05) is 26.4 Å². The summed E-state index contributed by atoms with van der Waals surface area (Å²) < 4.78 is 10.7. The Kier molecular flexibility index (Phi) is 9.69. The van der Waals surface area contributed by atoms with Crippen LogP contribution in [0.5, 0.6) is 0 Å². The minimum atomic E-state index is -0.391. The van der Waals surface area contributed by atoms with Crippen LogP contribution in [0, 0.1) is 5.92 Å². The van der Waals surface area contributed by atoms with Gasteiger partial charge in [-0.05, 0) is 42.9 Å². The van der Waals surface area contributed by atoms with Crippen molar-refractivity contribution in [3.05, 3.63) is 60.2 Å². The standard InChI is InChI=1S/C23H31NO4/c1-2-28-23(26)21(17-27-14-6-13-25)16-22(24)15-18-9-11-20(12-10-18)19-7-4-3-5-8-19/h3-5,7-12,21-22,25H,2,6,13-17,24H2,1H3/t21-,22+/m0/s1. The zero-order chi connectivity index (χ0) is 20.2. The highest BCUT2D eigenvalue weighted by Crippen LogP contribution is 2.20. The number of aliphatic hydroxyl groups is 1. The molecule has 3 N–H and O–H groups in total. The van der Waals surface area contributed by atoms with E-state index in [2.05, 4.69) is 36.4 Å². The molecule has 0 saturated carbocycles. The largest absolute Gasteiger partial charge is 0.466 e. The SMILES string of the molecule is CCOC(=O)[C@H](COCCCO)C[C@H](N)Cc1ccc(-c2ccccc2)cc1. The number of hydrogen-bond acceptors (Lipinski definition) is 5. The van der Waals surface area contributed by atoms with E-state index in [0.29, 0.717) is 32.5 Å². The molecule has 0 radical (unpaired) electrons. The predicted octanol–water partition coefficient (Wildman–Crippen LogP) is 3.19. The molecule has 0 amide bonds. The molecule has 2 atom stereocenters. The van der Waals surface area contributed by atoms with Gasteiger partial charge in [0.05, 0.1) is 19.1 Å². The Morgan fingerprint density at radius 2 is 1.75 bits per heavy atom. The molecule has 2 aromatic carbocycles. The smallest absolute Gasteiger partial charge is 0.311 e. The summed E-state index contributed by atoms with van der Waals surface area (Å²) >= 11 is 0. The molecule has 2 rings (SSSR count). The zero-order valence-corrected chi connectivity index (χ0v) is 16.5. The maximum Gasteiger partial charge on any atom is 0.311 e. The van der Waals surface area contributed by atoms with Crippen LogP contribution in [0.15, 0.2) is 54.6 Å². The maximum atomic E-state index is 12.2. The second kappa shape index (κ2) is 12.3. The van der Waals surface area contributed by atoms with Crippen LogP contribution in [0.2, 0.25) is 0 Å². The normalized spacial score (nSPS) is 13.1. The Bertz CT molecular complexity index is 688. The molecular weight excluding hydrogens is 354 g/mol. The van der Waals surface area contributed by atoms with E-state index in [0.717, 1.165) is 5.56 Å². The van der Waals surface area contributed by atoms with E-state index < -0.39 is 5.92 Å². The van der Waals surface area contributed by atoms with E-state index in [1.807, 2.05) is 18.2 Å². The summed E-state index contributed by atoms with van der Waals surface area (Å²) in [5.74, 6) is -0.668. The molecule has 0 aliphatic carbocycles. The average molecular weight is 386 g/mol. The lowest BCUT2D eigenvalue weighted by Crippen LogP contribution is -2.32. The maximum absolute atomic E-state index is 12.2. The minimum absolute atomic E-state index is 0.0720. The number of benzene rings is 2. The lowest BCUT2D eigenvalue weighted by Gasteiger charge is -2.20. The molecule has 152 valence electrons. The highest BCUT2D eigenvalue weighted by atomic mass is 16.5. The number of hydrogen-bond donors (Lipinski definition) is 2. The topological polar surface area (TPSA) is 81.8 Å². The Morgan fingerprint density at radius 3 is 2.39 bits per heavy atom. The second-order valence-electron chi connectivity index (χ2n) is 6.86. The first-order valence-electron chi connectivity index (χ1n) is 9.89. The monoisotopic (exact) mass is 385 g/mol. The molecule has 0 unspecified atom stereocenters. The van der Waals surface area contributed by atoms with Crippen LogP contribution < -0.4 is 5.73 Å². The molecule has 0 aliphatic heterocycles. The fraction of sp³-hybridized carbons (Fsp3) is 0.435. The molecule has 28 heavy (non-hydrogen) atoms. The van der Waals surface area contributed by atoms with Gasteiger partial charge < -0.3 is 20.3 Å². The van der Waals surface area contributed by atoms with E-state index in [1.165, 1.54) is 11.1 Å². The molecule has 0 spiro atoms. The second-order valence-corrected chi connectivity index (χ2v) is 6.86. The van der Waals surface area contributed by atoms with Crippen molar-refractivity contribution in [2.45, 2.75) is 32.2 Å². The van der Waals surface area contributed by atoms with Gasteiger partial charge in [0.15, 0.2) is 0 Å². The molecule has 2 aromatic rings. The molecular formula is C23H31NO4. The van der Waals surface area contributed by atoms with Crippen LogP contribution in [0.25, 0.3) is 11.1 Å². The summed E-state index contributed by atoms with van der Waals surface area (Å²) in [4.78, 5) is 12.2. The van der Waals surface area contributed by atoms with Crippen LogP contribution in [0.1, 0.15) is 25.3 Å². The Morgan fingerprint density at radius 1 is 1.07 bits per heavy atom. The summed E-state index contributed by atoms with van der Waals surface area (Å²) in [6.45, 7) is 2.88. The van der Waals surface area contributed by atoms with Crippen molar-refractivity contribution < 1.29 is 19.4 Å². The fourth-order valence-corrected chi connectivity index (χ4v) is 3.10. The van der Waals surface area contributed by atoms with Crippen LogP contribution in [-0.4, -0.2) is 43.5 Å². The van der Waals surface area contributed by atoms with Crippen molar-refractivity contribution in [2.24, 2.45) is 11.7 Å². The number of rotatable bonds is 12. The third kappa shape index (κ3) is 7.43. The van der Waals surface area contributed by atoms with E-state index >= 15 is 0 Å². The lowest BCUT2D eigenvalue weighted by atomic mass is 9.95. The summed E-state index contributed by atoms with van der Waals surface area (Å²) in [6, 6.07) is 18.4. The summed E-state index contributed by atoms with van der Waals surface area (Å²) in [7, 11) is 0. The molecule has 0 saturated heterocycles. The summed E-state index contributed by atoms with van der Waals surface area (Å²) in [5.41, 5.74) is 9.80. The van der Waals surface area contributed by atoms with Gasteiger partial charge in [0.1, 0.15) is 0 Å². The number of aliphatic hydroxyl groups excluding tert-OH is 1. The Balaban J connectivity index is 1.91. The third-order valence-electron chi connectivity index (χ3n) is 4.53. The van der Waals surface area contributed by atoms with Gasteiger partial charge in [-0.2, -0.15) is 0 Å². The van der Waals surface area contributed by atoms with E-state index in [9.17, 15) is 4.79 Å². The van der Waals surface area contributed by atoms with Gasteiger partial charge in [-0.3, -0.25) is 4.79 Å². The number of carbonyl (C=O) groups excluding carboxylic acids is 1. The first-order valence-corrected chi connectivity index (χ1v) is 9.89. The molecule has 0 aliphatic rings. The number of esters is 1. The molecule has 5 heteroatoms. The first kappa shape index (κ1) is 22.1. The van der Waals surface area contributed by atoms with Gasteiger partial charge >= 0.3 is 5.97 Å². The molecule has 0 heterocycles. The van der Waals surface area contributed by atoms with Crippen molar-refractivity contribution in [1.82, 2.24) is 0 Å². The van der Waals surface area contributed by atoms with Crippen LogP contribution in [0.4, 0.5) is 0 Å². The lowest BCUT2D eigenvalue weighted by molar-refractivity contribution is -0.150. The minimum Gasteiger partial charge on any atom is -0.466 e. The van der Waals surface area contributed by atoms with Gasteiger partial charge in [-0.1, -0.05) is 54.6 Å². The van der Waals surface area contributed by atoms with Crippen molar-refractivity contribution in [3.63, 3.8) is 0 Å². The summed E-state index contributed by atoms with van der Waals surface area (Å²) in [5, 5.41) is 8.84. The van der Waals surface area contributed by atoms with Crippen LogP contribution in [-0.2, 0) is 20.7 Å². The number of carbonyl (C=O) groups is 1. The van der Waals surface area contributed by atoms with Gasteiger partial charge in [0.25, 0.3) is 0 Å². The van der Waals surface area contributed by atoms with Crippen molar-refractivity contribution in [3.8, 4) is 11.1 Å². The molecule has 0 fully saturated rings. The Labute approximate surface area is 167 Å². The third-order valence-corrected chi connectivity index (χ3v) is 4.53. The van der Waals surface area contributed by atoms with E-state index in [-0.39, 0.29) is 25.2 Å². The van der Waals surface area contributed by atoms with Gasteiger partial charge in [0, 0.05) is 19.3 Å².